The fourth-order valence-corrected chi connectivity index (χ4v) is 4.67. The maximum absolute atomic E-state index is 13.4. The number of benzene rings is 1. The van der Waals surface area contributed by atoms with Crippen molar-refractivity contribution in [3.8, 4) is 5.75 Å². The predicted molar refractivity (Wildman–Crippen MR) is 115 cm³/mol. The number of hydrogen-bond acceptors (Lipinski definition) is 5. The molecule has 1 aromatic carbocycles. The second kappa shape index (κ2) is 7.71. The maximum atomic E-state index is 13.4. The molecular weight excluding hydrogens is 380 g/mol. The molecule has 30 heavy (non-hydrogen) atoms. The highest BCUT2D eigenvalue weighted by Crippen LogP contribution is 2.44. The van der Waals surface area contributed by atoms with Crippen molar-refractivity contribution in [3.05, 3.63) is 59.4 Å². The summed E-state index contributed by atoms with van der Waals surface area (Å²) in [6.07, 6.45) is 7.18. The molecule has 0 amide bonds. The Morgan fingerprint density at radius 1 is 1.30 bits per heavy atom. The molecule has 0 saturated heterocycles. The zero-order valence-electron chi connectivity index (χ0n) is 18.0. The van der Waals surface area contributed by atoms with Crippen LogP contribution in [0.15, 0.2) is 48.3 Å². The summed E-state index contributed by atoms with van der Waals surface area (Å²) in [4.78, 5) is 13.4. The number of phenolic OH excluding ortho intramolecular Hbond substituents is 1. The van der Waals surface area contributed by atoms with Gasteiger partial charge in [0.05, 0.1) is 35.6 Å². The molecule has 160 valence electrons. The van der Waals surface area contributed by atoms with Gasteiger partial charge >= 0.3 is 0 Å². The smallest absolute Gasteiger partial charge is 0.175 e. The van der Waals surface area contributed by atoms with Crippen molar-refractivity contribution in [2.24, 2.45) is 11.8 Å². The molecule has 1 saturated carbocycles. The number of fused-ring (bicyclic) bond motifs is 3. The molecule has 0 bridgehead atoms. The third-order valence-corrected chi connectivity index (χ3v) is 6.26. The van der Waals surface area contributed by atoms with E-state index in [-0.39, 0.29) is 29.2 Å². The fourth-order valence-electron chi connectivity index (χ4n) is 4.67. The highest BCUT2D eigenvalue weighted by Gasteiger charge is 2.52. The number of ether oxygens (including phenoxy) is 2. The average molecular weight is 411 g/mol. The summed E-state index contributed by atoms with van der Waals surface area (Å²) >= 11 is 0. The lowest BCUT2D eigenvalue weighted by molar-refractivity contribution is -0.169. The summed E-state index contributed by atoms with van der Waals surface area (Å²) in [5, 5.41) is 21.0. The minimum Gasteiger partial charge on any atom is -0.508 e. The van der Waals surface area contributed by atoms with Crippen LogP contribution >= 0.6 is 0 Å². The molecule has 1 fully saturated rings. The largest absolute Gasteiger partial charge is 0.508 e. The van der Waals surface area contributed by atoms with E-state index in [2.05, 4.69) is 6.08 Å². The molecule has 4 rings (SSSR count). The van der Waals surface area contributed by atoms with Gasteiger partial charge in [-0.3, -0.25) is 4.79 Å². The number of allylic oxidation sites excluding steroid dienone is 3. The van der Waals surface area contributed by atoms with E-state index in [4.69, 9.17) is 9.47 Å². The standard InChI is InChI=1S/C25H30O5/c1-14(2)5-6-16-11-15(7-8-19(16)26)18-13-29-24-17-9-10-25(3,4)30-21(17)12-20(27)22(24)23(18)28/h5,7-11,13,17,20-22,24,26-27H,6,12H2,1-4H3. The van der Waals surface area contributed by atoms with E-state index in [9.17, 15) is 15.0 Å². The Morgan fingerprint density at radius 2 is 2.07 bits per heavy atom. The third-order valence-electron chi connectivity index (χ3n) is 6.26. The number of ketones is 1. The number of hydrogen-bond donors (Lipinski definition) is 2. The van der Waals surface area contributed by atoms with Crippen molar-refractivity contribution < 1.29 is 24.5 Å². The van der Waals surface area contributed by atoms with Gasteiger partial charge in [-0.1, -0.05) is 29.9 Å². The lowest BCUT2D eigenvalue weighted by atomic mass is 9.69. The van der Waals surface area contributed by atoms with E-state index in [1.807, 2.05) is 45.9 Å². The number of Topliss-reactive ketones (excluding diaryl/α,β-unsaturated/α-hetero) is 1. The molecule has 1 aliphatic carbocycles. The third kappa shape index (κ3) is 3.84. The van der Waals surface area contributed by atoms with Crippen molar-refractivity contribution in [1.82, 2.24) is 0 Å². The highest BCUT2D eigenvalue weighted by atomic mass is 16.5. The first-order valence-electron chi connectivity index (χ1n) is 10.6. The van der Waals surface area contributed by atoms with Crippen molar-refractivity contribution in [2.45, 2.75) is 64.4 Å². The summed E-state index contributed by atoms with van der Waals surface area (Å²) in [5.74, 6) is -0.613. The van der Waals surface area contributed by atoms with Crippen LogP contribution in [0, 0.1) is 11.8 Å². The Morgan fingerprint density at radius 3 is 2.80 bits per heavy atom. The number of aliphatic hydroxyl groups is 1. The maximum Gasteiger partial charge on any atom is 0.175 e. The zero-order chi connectivity index (χ0) is 21.6. The number of carbonyl (C=O) groups is 1. The molecule has 0 spiro atoms. The molecule has 0 radical (unpaired) electrons. The minimum atomic E-state index is -0.822. The van der Waals surface area contributed by atoms with E-state index in [0.717, 1.165) is 11.1 Å². The summed E-state index contributed by atoms with van der Waals surface area (Å²) < 4.78 is 12.2. The lowest BCUT2D eigenvalue weighted by Gasteiger charge is -2.48. The van der Waals surface area contributed by atoms with Crippen LogP contribution in [0.1, 0.15) is 45.2 Å². The van der Waals surface area contributed by atoms with E-state index < -0.39 is 18.1 Å². The predicted octanol–water partition coefficient (Wildman–Crippen LogP) is 3.94. The highest BCUT2D eigenvalue weighted by molar-refractivity contribution is 6.22. The molecule has 2 heterocycles. The van der Waals surface area contributed by atoms with Crippen molar-refractivity contribution >= 4 is 11.4 Å². The number of phenols is 1. The van der Waals surface area contributed by atoms with E-state index in [1.54, 1.807) is 12.1 Å². The van der Waals surface area contributed by atoms with Crippen LogP contribution in [0.5, 0.6) is 5.75 Å². The van der Waals surface area contributed by atoms with Crippen LogP contribution in [-0.4, -0.2) is 39.9 Å². The van der Waals surface area contributed by atoms with Gasteiger partial charge in [-0.05, 0) is 57.4 Å². The van der Waals surface area contributed by atoms with E-state index >= 15 is 0 Å². The van der Waals surface area contributed by atoms with Gasteiger partial charge in [0.1, 0.15) is 11.9 Å². The molecule has 0 aromatic heterocycles. The molecular formula is C25H30O5. The molecule has 5 heteroatoms. The van der Waals surface area contributed by atoms with Gasteiger partial charge in [-0.25, -0.2) is 0 Å². The number of aliphatic hydroxyl groups excluding tert-OH is 1. The Hall–Kier alpha value is -2.37. The van der Waals surface area contributed by atoms with Crippen LogP contribution in [0.25, 0.3) is 5.57 Å². The van der Waals surface area contributed by atoms with Crippen LogP contribution < -0.4 is 0 Å². The summed E-state index contributed by atoms with van der Waals surface area (Å²) in [6.45, 7) is 7.98. The normalized spacial score (nSPS) is 31.8. The minimum absolute atomic E-state index is 0.0683. The van der Waals surface area contributed by atoms with Gasteiger partial charge in [0.2, 0.25) is 0 Å². The van der Waals surface area contributed by atoms with Crippen LogP contribution in [-0.2, 0) is 20.7 Å². The average Bonchev–Trinajstić information content (AvgIpc) is 2.66. The second-order valence-corrected chi connectivity index (χ2v) is 9.35. The van der Waals surface area contributed by atoms with Gasteiger partial charge in [0.15, 0.2) is 5.78 Å². The summed E-state index contributed by atoms with van der Waals surface area (Å²) in [7, 11) is 0. The molecule has 3 aliphatic rings. The quantitative estimate of drug-likeness (QED) is 0.738. The van der Waals surface area contributed by atoms with Gasteiger partial charge in [0.25, 0.3) is 0 Å². The van der Waals surface area contributed by atoms with Gasteiger partial charge < -0.3 is 19.7 Å². The molecule has 2 N–H and O–H groups in total. The first-order valence-corrected chi connectivity index (χ1v) is 10.6. The number of aromatic hydroxyl groups is 1. The Bertz CT molecular complexity index is 935. The molecule has 5 nitrogen and oxygen atoms in total. The lowest BCUT2D eigenvalue weighted by Crippen LogP contribution is -2.57. The topological polar surface area (TPSA) is 76.0 Å². The second-order valence-electron chi connectivity index (χ2n) is 9.35. The Labute approximate surface area is 177 Å². The van der Waals surface area contributed by atoms with Crippen molar-refractivity contribution in [3.63, 3.8) is 0 Å². The zero-order valence-corrected chi connectivity index (χ0v) is 18.0. The van der Waals surface area contributed by atoms with Gasteiger partial charge in [0, 0.05) is 12.3 Å². The SMILES string of the molecule is CC(C)=CCc1cc(C2=COC3C4C=CC(C)(C)OC4CC(O)C3C2=O)ccc1O. The Kier molecular flexibility index (Phi) is 5.37. The van der Waals surface area contributed by atoms with E-state index in [0.29, 0.717) is 24.0 Å². The first-order chi connectivity index (χ1) is 14.2. The van der Waals surface area contributed by atoms with Crippen LogP contribution in [0.3, 0.4) is 0 Å². The van der Waals surface area contributed by atoms with Crippen molar-refractivity contribution in [2.75, 3.05) is 0 Å². The number of carbonyl (C=O) groups excluding carboxylic acids is 1. The van der Waals surface area contributed by atoms with Gasteiger partial charge in [-0.15, -0.1) is 0 Å². The number of rotatable bonds is 3. The van der Waals surface area contributed by atoms with Crippen molar-refractivity contribution in [1.29, 1.82) is 0 Å². The van der Waals surface area contributed by atoms with Gasteiger partial charge in [-0.2, -0.15) is 0 Å². The molecule has 5 atom stereocenters. The van der Waals surface area contributed by atoms with E-state index in [1.165, 1.54) is 6.26 Å². The van der Waals surface area contributed by atoms with Crippen LogP contribution in [0.4, 0.5) is 0 Å². The van der Waals surface area contributed by atoms with Crippen LogP contribution in [0.2, 0.25) is 0 Å². The monoisotopic (exact) mass is 410 g/mol. The molecule has 2 aliphatic heterocycles. The fraction of sp³-hybridized carbons (Fsp3) is 0.480. The Balaban J connectivity index is 1.64. The summed E-state index contributed by atoms with van der Waals surface area (Å²) in [5.41, 5.74) is 2.65. The molecule has 5 unspecified atom stereocenters. The molecule has 1 aromatic rings. The first kappa shape index (κ1) is 20.9. The summed E-state index contributed by atoms with van der Waals surface area (Å²) in [6, 6.07) is 5.15.